The van der Waals surface area contributed by atoms with Gasteiger partial charge < -0.3 is 15.7 Å². The van der Waals surface area contributed by atoms with E-state index in [1.54, 1.807) is 30.3 Å². The molecule has 3 N–H and O–H groups in total. The van der Waals surface area contributed by atoms with Crippen molar-refractivity contribution in [3.8, 4) is 0 Å². The molecular weight excluding hydrogens is 333 g/mol. The number of carboxylic acids is 1. The molecule has 0 unspecified atom stereocenters. The predicted molar refractivity (Wildman–Crippen MR) is 86.8 cm³/mol. The molecule has 0 spiro atoms. The van der Waals surface area contributed by atoms with E-state index in [0.29, 0.717) is 5.56 Å². The summed E-state index contributed by atoms with van der Waals surface area (Å²) in [7, 11) is 0. The third-order valence-electron chi connectivity index (χ3n) is 3.29. The summed E-state index contributed by atoms with van der Waals surface area (Å²) in [5.41, 5.74) is -0.112. The van der Waals surface area contributed by atoms with Crippen LogP contribution in [0.25, 0.3) is 0 Å². The summed E-state index contributed by atoms with van der Waals surface area (Å²) in [6.45, 7) is 0. The number of hydrogen-bond acceptors (Lipinski definition) is 4. The lowest BCUT2D eigenvalue weighted by Gasteiger charge is -2.15. The van der Waals surface area contributed by atoms with E-state index in [4.69, 9.17) is 0 Å². The number of carboxylic acid groups (broad SMARTS) is 1. The van der Waals surface area contributed by atoms with Gasteiger partial charge in [-0.15, -0.1) is 0 Å². The summed E-state index contributed by atoms with van der Waals surface area (Å²) in [5.74, 6) is -2.27. The number of urea groups is 1. The number of benzene rings is 2. The lowest BCUT2D eigenvalue weighted by molar-refractivity contribution is -0.387. The van der Waals surface area contributed by atoms with Crippen LogP contribution in [0.2, 0.25) is 0 Å². The maximum Gasteiger partial charge on any atom is 0.326 e. The van der Waals surface area contributed by atoms with Crippen molar-refractivity contribution in [2.75, 3.05) is 5.32 Å². The second-order valence-corrected chi connectivity index (χ2v) is 5.10. The van der Waals surface area contributed by atoms with Crippen molar-refractivity contribution in [3.05, 3.63) is 70.0 Å². The van der Waals surface area contributed by atoms with Crippen LogP contribution in [0.1, 0.15) is 5.56 Å². The summed E-state index contributed by atoms with van der Waals surface area (Å²) in [4.78, 5) is 33.0. The summed E-state index contributed by atoms with van der Waals surface area (Å²) >= 11 is 0. The molecule has 0 fully saturated rings. The molecule has 9 heteroatoms. The maximum absolute atomic E-state index is 13.3. The number of anilines is 1. The number of amides is 2. The Bertz CT molecular complexity index is 798. The lowest BCUT2D eigenvalue weighted by Crippen LogP contribution is -2.44. The molecule has 2 rings (SSSR count). The van der Waals surface area contributed by atoms with E-state index in [1.165, 1.54) is 0 Å². The fraction of sp³-hybridized carbons (Fsp3) is 0.125. The van der Waals surface area contributed by atoms with E-state index < -0.39 is 34.5 Å². The standard InChI is InChI=1S/C16H14FN3O5/c17-12-7-6-11(9-14(12)20(24)25)18-16(23)19-13(15(21)22)8-10-4-2-1-3-5-10/h1-7,9,13H,8H2,(H,21,22)(H2,18,19,23)/t13-/m0/s1. The van der Waals surface area contributed by atoms with Crippen LogP contribution in [0.5, 0.6) is 0 Å². The number of nitrogens with zero attached hydrogens (tertiary/aromatic N) is 1. The molecule has 0 radical (unpaired) electrons. The Hall–Kier alpha value is -3.49. The first-order valence-corrected chi connectivity index (χ1v) is 7.15. The highest BCUT2D eigenvalue weighted by Gasteiger charge is 2.21. The monoisotopic (exact) mass is 347 g/mol. The van der Waals surface area contributed by atoms with Crippen molar-refractivity contribution in [2.24, 2.45) is 0 Å². The first-order valence-electron chi connectivity index (χ1n) is 7.15. The Morgan fingerprint density at radius 2 is 1.88 bits per heavy atom. The first-order chi connectivity index (χ1) is 11.9. The Labute approximate surface area is 141 Å². The van der Waals surface area contributed by atoms with Gasteiger partial charge in [0, 0.05) is 18.2 Å². The number of carbonyl (C=O) groups is 2. The van der Waals surface area contributed by atoms with Crippen LogP contribution in [0.3, 0.4) is 0 Å². The van der Waals surface area contributed by atoms with Crippen LogP contribution in [0.15, 0.2) is 48.5 Å². The zero-order chi connectivity index (χ0) is 18.4. The van der Waals surface area contributed by atoms with E-state index in [2.05, 4.69) is 10.6 Å². The number of hydrogen-bond donors (Lipinski definition) is 3. The number of nitro benzene ring substituents is 1. The van der Waals surface area contributed by atoms with Crippen molar-refractivity contribution >= 4 is 23.4 Å². The smallest absolute Gasteiger partial charge is 0.326 e. The molecule has 0 aliphatic rings. The average Bonchev–Trinajstić information content (AvgIpc) is 2.56. The molecule has 2 aromatic carbocycles. The SMILES string of the molecule is O=C(Nc1ccc(F)c([N+](=O)[O-])c1)N[C@@H](Cc1ccccc1)C(=O)O. The lowest BCUT2D eigenvalue weighted by atomic mass is 10.1. The van der Waals surface area contributed by atoms with Crippen LogP contribution < -0.4 is 10.6 Å². The zero-order valence-electron chi connectivity index (χ0n) is 12.8. The molecule has 25 heavy (non-hydrogen) atoms. The minimum Gasteiger partial charge on any atom is -0.480 e. The van der Waals surface area contributed by atoms with Gasteiger partial charge in [-0.3, -0.25) is 10.1 Å². The molecule has 0 aliphatic carbocycles. The zero-order valence-corrected chi connectivity index (χ0v) is 12.8. The second-order valence-electron chi connectivity index (χ2n) is 5.10. The van der Waals surface area contributed by atoms with Gasteiger partial charge in [0.2, 0.25) is 5.82 Å². The minimum absolute atomic E-state index is 0.0329. The molecule has 0 saturated heterocycles. The van der Waals surface area contributed by atoms with Gasteiger partial charge in [-0.1, -0.05) is 30.3 Å². The Morgan fingerprint density at radius 3 is 2.48 bits per heavy atom. The molecule has 0 aliphatic heterocycles. The largest absolute Gasteiger partial charge is 0.480 e. The highest BCUT2D eigenvalue weighted by molar-refractivity contribution is 5.92. The summed E-state index contributed by atoms with van der Waals surface area (Å²) in [5, 5.41) is 24.4. The average molecular weight is 347 g/mol. The summed E-state index contributed by atoms with van der Waals surface area (Å²) in [6, 6.07) is 9.46. The van der Waals surface area contributed by atoms with Gasteiger partial charge in [-0.25, -0.2) is 9.59 Å². The molecule has 8 nitrogen and oxygen atoms in total. The van der Waals surface area contributed by atoms with Crippen LogP contribution in [0, 0.1) is 15.9 Å². The van der Waals surface area contributed by atoms with Crippen LogP contribution >= 0.6 is 0 Å². The topological polar surface area (TPSA) is 122 Å². The number of aliphatic carboxylic acids is 1. The molecule has 0 aromatic heterocycles. The minimum atomic E-state index is -1.23. The highest BCUT2D eigenvalue weighted by Crippen LogP contribution is 2.21. The molecule has 1 atom stereocenters. The summed E-state index contributed by atoms with van der Waals surface area (Å²) < 4.78 is 13.3. The molecular formula is C16H14FN3O5. The van der Waals surface area contributed by atoms with E-state index in [-0.39, 0.29) is 12.1 Å². The van der Waals surface area contributed by atoms with Gasteiger partial charge in [0.25, 0.3) is 0 Å². The molecule has 0 heterocycles. The van der Waals surface area contributed by atoms with Crippen molar-refractivity contribution in [3.63, 3.8) is 0 Å². The van der Waals surface area contributed by atoms with E-state index >= 15 is 0 Å². The third kappa shape index (κ3) is 4.99. The fourth-order valence-electron chi connectivity index (χ4n) is 2.11. The van der Waals surface area contributed by atoms with Crippen molar-refractivity contribution in [2.45, 2.75) is 12.5 Å². The molecule has 0 saturated carbocycles. The van der Waals surface area contributed by atoms with E-state index in [0.717, 1.165) is 18.2 Å². The number of nitro groups is 1. The van der Waals surface area contributed by atoms with Gasteiger partial charge in [0.1, 0.15) is 6.04 Å². The van der Waals surface area contributed by atoms with Crippen LogP contribution in [0.4, 0.5) is 20.6 Å². The molecule has 2 amide bonds. The summed E-state index contributed by atoms with van der Waals surface area (Å²) in [6.07, 6.45) is 0.0627. The normalized spacial score (nSPS) is 11.4. The van der Waals surface area contributed by atoms with E-state index in [9.17, 15) is 29.2 Å². The Kier molecular flexibility index (Phi) is 5.62. The van der Waals surface area contributed by atoms with Gasteiger partial charge in [-0.05, 0) is 17.7 Å². The number of carbonyl (C=O) groups excluding carboxylic acids is 1. The second kappa shape index (κ2) is 7.86. The Morgan fingerprint density at radius 1 is 1.20 bits per heavy atom. The van der Waals surface area contributed by atoms with Gasteiger partial charge >= 0.3 is 17.7 Å². The van der Waals surface area contributed by atoms with Crippen molar-refractivity contribution < 1.29 is 24.0 Å². The first kappa shape index (κ1) is 17.9. The fourth-order valence-corrected chi connectivity index (χ4v) is 2.11. The molecule has 130 valence electrons. The third-order valence-corrected chi connectivity index (χ3v) is 3.29. The number of halogens is 1. The van der Waals surface area contributed by atoms with Crippen molar-refractivity contribution in [1.29, 1.82) is 0 Å². The van der Waals surface area contributed by atoms with E-state index in [1.807, 2.05) is 0 Å². The molecule has 0 bridgehead atoms. The van der Waals surface area contributed by atoms with Gasteiger partial charge in [0.05, 0.1) is 4.92 Å². The predicted octanol–water partition coefficient (Wildman–Crippen LogP) is 2.55. The van der Waals surface area contributed by atoms with Gasteiger partial charge in [0.15, 0.2) is 0 Å². The van der Waals surface area contributed by atoms with Crippen molar-refractivity contribution in [1.82, 2.24) is 5.32 Å². The number of nitrogens with one attached hydrogen (secondary N) is 2. The quantitative estimate of drug-likeness (QED) is 0.547. The molecule has 2 aromatic rings. The van der Waals surface area contributed by atoms with Gasteiger partial charge in [-0.2, -0.15) is 4.39 Å². The highest BCUT2D eigenvalue weighted by atomic mass is 19.1. The Balaban J connectivity index is 2.05. The van der Waals surface area contributed by atoms with Crippen LogP contribution in [-0.2, 0) is 11.2 Å². The van der Waals surface area contributed by atoms with Crippen LogP contribution in [-0.4, -0.2) is 28.1 Å². The maximum atomic E-state index is 13.3. The number of rotatable bonds is 6.